The lowest BCUT2D eigenvalue weighted by Crippen LogP contribution is -2.17. The number of para-hydroxylation sites is 1. The van der Waals surface area contributed by atoms with Gasteiger partial charge in [0.1, 0.15) is 0 Å². The van der Waals surface area contributed by atoms with E-state index in [9.17, 15) is 18.0 Å². The largest absolute Gasteiger partial charge is 0.492 e. The number of nitrogens with one attached hydrogen (secondary N) is 3. The van der Waals surface area contributed by atoms with Gasteiger partial charge in [0.15, 0.2) is 5.75 Å². The van der Waals surface area contributed by atoms with Crippen LogP contribution in [-0.2, 0) is 12.6 Å². The smallest absolute Gasteiger partial charge is 0.416 e. The van der Waals surface area contributed by atoms with Crippen molar-refractivity contribution in [3.05, 3.63) is 107 Å². The summed E-state index contributed by atoms with van der Waals surface area (Å²) in [4.78, 5) is 14.8. The van der Waals surface area contributed by atoms with E-state index in [1.165, 1.54) is 18.4 Å². The Bertz CT molecular complexity index is 1650. The van der Waals surface area contributed by atoms with Gasteiger partial charge in [-0.3, -0.25) is 4.79 Å². The van der Waals surface area contributed by atoms with Crippen molar-refractivity contribution in [1.29, 1.82) is 0 Å². The number of nitrogens with zero attached hydrogens (tertiary/aromatic N) is 3. The average molecular weight is 655 g/mol. The number of allylic oxidation sites excluding steroid dienone is 1. The van der Waals surface area contributed by atoms with E-state index in [2.05, 4.69) is 46.4 Å². The van der Waals surface area contributed by atoms with Crippen LogP contribution in [0.25, 0.3) is 5.69 Å². The molecule has 46 heavy (non-hydrogen) atoms. The fraction of sp³-hybridized carbons (Fsp3) is 0.294. The summed E-state index contributed by atoms with van der Waals surface area (Å²) in [6.07, 6.45) is 1.90. The van der Waals surface area contributed by atoms with Crippen molar-refractivity contribution in [2.75, 3.05) is 42.4 Å². The fourth-order valence-corrected chi connectivity index (χ4v) is 5.09. The molecule has 1 amide bonds. The minimum atomic E-state index is -4.59. The highest BCUT2D eigenvalue weighted by molar-refractivity contribution is 7.99. The molecule has 246 valence electrons. The maximum absolute atomic E-state index is 13.4. The molecule has 8 nitrogen and oxygen atoms in total. The SMILES string of the molecule is CCc1c(C)cnn1-c1ccccc1.CN/C(C)=C\N(C)c1cc(C(=O)Nc2cc(C(F)(F)F)cc(NSC)c2OC)ccc1C. The molecule has 0 unspecified atom stereocenters. The Kier molecular flexibility index (Phi) is 12.6. The number of hydrogen-bond acceptors (Lipinski definition) is 7. The second-order valence-electron chi connectivity index (χ2n) is 10.4. The van der Waals surface area contributed by atoms with E-state index in [0.29, 0.717) is 5.56 Å². The predicted octanol–water partition coefficient (Wildman–Crippen LogP) is 8.22. The van der Waals surface area contributed by atoms with E-state index >= 15 is 0 Å². The van der Waals surface area contributed by atoms with Gasteiger partial charge in [-0.1, -0.05) is 43.1 Å². The van der Waals surface area contributed by atoms with E-state index in [0.717, 1.165) is 53.1 Å². The van der Waals surface area contributed by atoms with Gasteiger partial charge in [0, 0.05) is 49.2 Å². The third-order valence-corrected chi connectivity index (χ3v) is 7.55. The van der Waals surface area contributed by atoms with Crippen LogP contribution in [0.15, 0.2) is 78.8 Å². The van der Waals surface area contributed by atoms with Crippen LogP contribution in [0, 0.1) is 13.8 Å². The number of halogens is 3. The Labute approximate surface area is 273 Å². The number of alkyl halides is 3. The molecule has 0 radical (unpaired) electrons. The summed E-state index contributed by atoms with van der Waals surface area (Å²) in [5.74, 6) is -0.445. The normalized spacial score (nSPS) is 11.3. The Morgan fingerprint density at radius 3 is 2.33 bits per heavy atom. The molecular formula is C34H41F3N6O2S. The van der Waals surface area contributed by atoms with Crippen molar-refractivity contribution in [2.24, 2.45) is 0 Å². The molecule has 1 heterocycles. The molecule has 4 aromatic rings. The first kappa shape index (κ1) is 35.9. The molecular weight excluding hydrogens is 613 g/mol. The molecule has 1 aromatic heterocycles. The van der Waals surface area contributed by atoms with Crippen LogP contribution >= 0.6 is 11.9 Å². The molecule has 0 saturated heterocycles. The highest BCUT2D eigenvalue weighted by atomic mass is 32.2. The molecule has 12 heteroatoms. The number of aryl methyl sites for hydroxylation is 2. The van der Waals surface area contributed by atoms with Crippen molar-refractivity contribution in [3.8, 4) is 11.4 Å². The van der Waals surface area contributed by atoms with Crippen molar-refractivity contribution in [2.45, 2.75) is 40.3 Å². The van der Waals surface area contributed by atoms with E-state index in [-0.39, 0.29) is 17.1 Å². The topological polar surface area (TPSA) is 83.5 Å². The average Bonchev–Trinajstić information content (AvgIpc) is 3.41. The summed E-state index contributed by atoms with van der Waals surface area (Å²) >= 11 is 1.11. The minimum absolute atomic E-state index is 0.0784. The zero-order valence-electron chi connectivity index (χ0n) is 27.3. The third-order valence-electron chi connectivity index (χ3n) is 7.13. The van der Waals surface area contributed by atoms with Crippen molar-refractivity contribution in [1.82, 2.24) is 15.1 Å². The lowest BCUT2D eigenvalue weighted by Gasteiger charge is -2.20. The molecule has 0 fully saturated rings. The number of anilines is 3. The van der Waals surface area contributed by atoms with Gasteiger partial charge in [-0.05, 0) is 74.7 Å². The zero-order chi connectivity index (χ0) is 34.0. The van der Waals surface area contributed by atoms with Crippen molar-refractivity contribution >= 4 is 34.9 Å². The highest BCUT2D eigenvalue weighted by Gasteiger charge is 2.33. The zero-order valence-corrected chi connectivity index (χ0v) is 28.2. The number of methoxy groups -OCH3 is 1. The summed E-state index contributed by atoms with van der Waals surface area (Å²) in [7, 11) is 4.99. The third kappa shape index (κ3) is 9.00. The predicted molar refractivity (Wildman–Crippen MR) is 183 cm³/mol. The van der Waals surface area contributed by atoms with Crippen LogP contribution in [0.2, 0.25) is 0 Å². The maximum atomic E-state index is 13.4. The number of rotatable bonds is 10. The van der Waals surface area contributed by atoms with Gasteiger partial charge >= 0.3 is 6.18 Å². The first-order valence-corrected chi connectivity index (χ1v) is 15.7. The summed E-state index contributed by atoms with van der Waals surface area (Å²) in [6.45, 7) is 8.07. The Hall–Kier alpha value is -4.58. The molecule has 4 rings (SSSR count). The number of carbonyl (C=O) groups is 1. The first-order chi connectivity index (χ1) is 21.8. The van der Waals surface area contributed by atoms with Crippen LogP contribution in [-0.4, -0.2) is 43.1 Å². The molecule has 0 aliphatic heterocycles. The Morgan fingerprint density at radius 1 is 1.07 bits per heavy atom. The first-order valence-electron chi connectivity index (χ1n) is 14.5. The maximum Gasteiger partial charge on any atom is 0.416 e. The van der Waals surface area contributed by atoms with Gasteiger partial charge in [-0.25, -0.2) is 4.68 Å². The second kappa shape index (κ2) is 16.1. The molecule has 0 aliphatic carbocycles. The van der Waals surface area contributed by atoms with Gasteiger partial charge in [0.25, 0.3) is 5.91 Å². The molecule has 0 aliphatic rings. The number of ether oxygens (including phenoxy) is 1. The number of amides is 1. The van der Waals surface area contributed by atoms with Gasteiger partial charge in [0.05, 0.1) is 35.9 Å². The van der Waals surface area contributed by atoms with Gasteiger partial charge in [0.2, 0.25) is 0 Å². The number of benzene rings is 3. The van der Waals surface area contributed by atoms with Crippen molar-refractivity contribution in [3.63, 3.8) is 0 Å². The van der Waals surface area contributed by atoms with Gasteiger partial charge < -0.3 is 25.0 Å². The van der Waals surface area contributed by atoms with Crippen LogP contribution in [0.4, 0.5) is 30.2 Å². The van der Waals surface area contributed by atoms with Gasteiger partial charge in [-0.15, -0.1) is 0 Å². The molecule has 0 spiro atoms. The number of carbonyl (C=O) groups excluding carboxylic acids is 1. The van der Waals surface area contributed by atoms with E-state index in [4.69, 9.17) is 4.74 Å². The van der Waals surface area contributed by atoms with E-state index < -0.39 is 17.6 Å². The quantitative estimate of drug-likeness (QED) is 0.149. The summed E-state index contributed by atoms with van der Waals surface area (Å²) in [5, 5.41) is 9.97. The molecule has 3 N–H and O–H groups in total. The fourth-order valence-electron chi connectivity index (χ4n) is 4.72. The number of hydrogen-bond donors (Lipinski definition) is 3. The Balaban J connectivity index is 0.000000339. The molecule has 0 saturated carbocycles. The van der Waals surface area contributed by atoms with Crippen LogP contribution in [0.1, 0.15) is 46.6 Å². The van der Waals surface area contributed by atoms with Crippen LogP contribution in [0.3, 0.4) is 0 Å². The van der Waals surface area contributed by atoms with Crippen LogP contribution in [0.5, 0.6) is 5.75 Å². The molecule has 0 atom stereocenters. The van der Waals surface area contributed by atoms with Gasteiger partial charge in [-0.2, -0.15) is 18.3 Å². The summed E-state index contributed by atoms with van der Waals surface area (Å²) in [5.41, 5.74) is 5.76. The highest BCUT2D eigenvalue weighted by Crippen LogP contribution is 2.41. The molecule has 0 bridgehead atoms. The minimum Gasteiger partial charge on any atom is -0.492 e. The van der Waals surface area contributed by atoms with E-state index in [1.54, 1.807) is 31.5 Å². The standard InChI is InChI=1S/C22H27F3N4O2S.C12H14N2/c1-13-7-8-15(9-19(13)29(4)12-14(2)26-3)21(30)27-17-10-16(22(23,24)25)11-18(28-32-6)20(17)31-5;1-3-12-10(2)9-13-14(12)11-7-5-4-6-8-11/h7-12,26,28H,1-6H3,(H,27,30);4-9H,3H2,1-2H3/b14-12-;. The van der Waals surface area contributed by atoms with E-state index in [1.807, 2.05) is 61.1 Å². The second-order valence-corrected chi connectivity index (χ2v) is 11.0. The lowest BCUT2D eigenvalue weighted by atomic mass is 10.1. The number of aromatic nitrogens is 2. The van der Waals surface area contributed by atoms with Crippen molar-refractivity contribution < 1.29 is 22.7 Å². The summed E-state index contributed by atoms with van der Waals surface area (Å²) in [6, 6.07) is 17.1. The Morgan fingerprint density at radius 2 is 1.74 bits per heavy atom. The van der Waals surface area contributed by atoms with Crippen LogP contribution < -0.4 is 25.0 Å². The monoisotopic (exact) mass is 654 g/mol. The lowest BCUT2D eigenvalue weighted by molar-refractivity contribution is -0.137. The summed E-state index contributed by atoms with van der Waals surface area (Å²) < 4.78 is 50.3. The molecule has 3 aromatic carbocycles.